The van der Waals surface area contributed by atoms with Crippen LogP contribution in [0.5, 0.6) is 0 Å². The molecule has 4 rings (SSSR count). The Labute approximate surface area is 188 Å². The zero-order chi connectivity index (χ0) is 22.1. The van der Waals surface area contributed by atoms with E-state index in [9.17, 15) is 5.11 Å². The minimum Gasteiger partial charge on any atom is -0.402 e. The first kappa shape index (κ1) is 22.5. The molecular weight excluding hydrogens is 400 g/mol. The molecule has 0 aromatic heterocycles. The van der Waals surface area contributed by atoms with Crippen molar-refractivity contribution in [3.8, 4) is 0 Å². The van der Waals surface area contributed by atoms with E-state index in [1.165, 1.54) is 10.4 Å². The van der Waals surface area contributed by atoms with Gasteiger partial charge in [-0.05, 0) is 46.2 Å². The van der Waals surface area contributed by atoms with Crippen LogP contribution in [0.4, 0.5) is 0 Å². The van der Waals surface area contributed by atoms with Crippen LogP contribution < -0.4 is 10.4 Å². The lowest BCUT2D eigenvalue weighted by Crippen LogP contribution is -2.68. The third-order valence-corrected chi connectivity index (χ3v) is 12.1. The predicted molar refractivity (Wildman–Crippen MR) is 129 cm³/mol. The van der Waals surface area contributed by atoms with Crippen LogP contribution in [0, 0.1) is 5.92 Å². The molecule has 1 saturated heterocycles. The molecule has 4 heteroatoms. The lowest BCUT2D eigenvalue weighted by atomic mass is 9.97. The second kappa shape index (κ2) is 9.03. The smallest absolute Gasteiger partial charge is 0.261 e. The molecule has 1 aliphatic carbocycles. The van der Waals surface area contributed by atoms with Crippen molar-refractivity contribution in [2.75, 3.05) is 6.61 Å². The van der Waals surface area contributed by atoms with Crippen molar-refractivity contribution < 1.29 is 14.3 Å². The zero-order valence-corrected chi connectivity index (χ0v) is 20.3. The van der Waals surface area contributed by atoms with Crippen molar-refractivity contribution in [3.05, 3.63) is 72.3 Å². The Bertz CT molecular complexity index is 848. The first-order valence-corrected chi connectivity index (χ1v) is 13.6. The molecule has 0 bridgehead atoms. The average Bonchev–Trinajstić information content (AvgIpc) is 3.36. The standard InChI is InChI=1S/C27H36O3Si/c1-5-24(25-18-20-16-17-21(19-28)26(20)29-25)30-31(27(2,3)4,22-12-8-6-9-13-22)23-14-10-7-11-15-23/h6-15,17,20,24-26,28H,5,16,18-19H2,1-4H3/t20-,24-,25+,26+/m0/s1. The molecule has 0 amide bonds. The van der Waals surface area contributed by atoms with Crippen LogP contribution in [0.3, 0.4) is 0 Å². The minimum absolute atomic E-state index is 0.0249. The molecule has 1 heterocycles. The summed E-state index contributed by atoms with van der Waals surface area (Å²) in [5, 5.41) is 12.3. The van der Waals surface area contributed by atoms with E-state index >= 15 is 0 Å². The maximum atomic E-state index is 9.71. The first-order valence-electron chi connectivity index (χ1n) is 11.6. The highest BCUT2D eigenvalue weighted by Crippen LogP contribution is 2.43. The third kappa shape index (κ3) is 4.07. The van der Waals surface area contributed by atoms with Crippen LogP contribution in [0.1, 0.15) is 47.0 Å². The number of aliphatic hydroxyl groups is 1. The number of ether oxygens (including phenoxy) is 1. The normalized spacial score (nSPS) is 24.7. The number of allylic oxidation sites excluding steroid dienone is 1. The van der Waals surface area contributed by atoms with Crippen LogP contribution >= 0.6 is 0 Å². The summed E-state index contributed by atoms with van der Waals surface area (Å²) in [7, 11) is -2.61. The van der Waals surface area contributed by atoms with Gasteiger partial charge in [0.15, 0.2) is 0 Å². The summed E-state index contributed by atoms with van der Waals surface area (Å²) in [6.07, 6.45) is 5.23. The summed E-state index contributed by atoms with van der Waals surface area (Å²) in [5.74, 6) is 0.476. The third-order valence-electron chi connectivity index (χ3n) is 7.08. The summed E-state index contributed by atoms with van der Waals surface area (Å²) >= 11 is 0. The van der Waals surface area contributed by atoms with E-state index in [1.807, 2.05) is 0 Å². The Morgan fingerprint density at radius 2 is 1.61 bits per heavy atom. The van der Waals surface area contributed by atoms with E-state index in [2.05, 4.69) is 94.4 Å². The molecule has 4 atom stereocenters. The van der Waals surface area contributed by atoms with E-state index in [4.69, 9.17) is 9.16 Å². The van der Waals surface area contributed by atoms with Crippen LogP contribution in [0.2, 0.25) is 5.04 Å². The van der Waals surface area contributed by atoms with Gasteiger partial charge in [0.1, 0.15) is 0 Å². The number of benzene rings is 2. The predicted octanol–water partition coefficient (Wildman–Crippen LogP) is 4.44. The van der Waals surface area contributed by atoms with Gasteiger partial charge in [-0.3, -0.25) is 0 Å². The van der Waals surface area contributed by atoms with Crippen molar-refractivity contribution in [3.63, 3.8) is 0 Å². The molecule has 2 aliphatic rings. The fraction of sp³-hybridized carbons (Fsp3) is 0.481. The monoisotopic (exact) mass is 436 g/mol. The van der Waals surface area contributed by atoms with Crippen LogP contribution in [0.15, 0.2) is 72.3 Å². The molecule has 31 heavy (non-hydrogen) atoms. The molecule has 0 radical (unpaired) electrons. The van der Waals surface area contributed by atoms with Gasteiger partial charge in [0, 0.05) is 0 Å². The molecule has 166 valence electrons. The Kier molecular flexibility index (Phi) is 6.54. The van der Waals surface area contributed by atoms with E-state index < -0.39 is 8.32 Å². The van der Waals surface area contributed by atoms with E-state index in [0.29, 0.717) is 5.92 Å². The fourth-order valence-electron chi connectivity index (χ4n) is 5.54. The Morgan fingerprint density at radius 1 is 1.03 bits per heavy atom. The highest BCUT2D eigenvalue weighted by Gasteiger charge is 2.53. The first-order chi connectivity index (χ1) is 14.9. The van der Waals surface area contributed by atoms with Gasteiger partial charge >= 0.3 is 0 Å². The number of hydrogen-bond acceptors (Lipinski definition) is 3. The molecule has 1 fully saturated rings. The van der Waals surface area contributed by atoms with Crippen molar-refractivity contribution in [2.24, 2.45) is 5.92 Å². The van der Waals surface area contributed by atoms with Crippen molar-refractivity contribution in [2.45, 2.75) is 70.3 Å². The Hall–Kier alpha value is -1.72. The summed E-state index contributed by atoms with van der Waals surface area (Å²) in [5.41, 5.74) is 1.05. The molecule has 3 nitrogen and oxygen atoms in total. The number of fused-ring (bicyclic) bond motifs is 1. The van der Waals surface area contributed by atoms with Crippen molar-refractivity contribution in [1.29, 1.82) is 0 Å². The molecule has 1 N–H and O–H groups in total. The van der Waals surface area contributed by atoms with E-state index in [0.717, 1.165) is 24.8 Å². The van der Waals surface area contributed by atoms with Crippen LogP contribution in [-0.2, 0) is 9.16 Å². The molecule has 0 saturated carbocycles. The van der Waals surface area contributed by atoms with Gasteiger partial charge in [-0.2, -0.15) is 0 Å². The highest BCUT2D eigenvalue weighted by atomic mass is 28.4. The number of aliphatic hydroxyl groups excluding tert-OH is 1. The second-order valence-electron chi connectivity index (χ2n) is 9.99. The SMILES string of the molecule is CC[C@H](O[Si](c1ccccc1)(c1ccccc1)C(C)(C)C)[C@H]1C[C@@H]2CC=C(CO)[C@@H]2O1. The van der Waals surface area contributed by atoms with Crippen LogP contribution in [0.25, 0.3) is 0 Å². The highest BCUT2D eigenvalue weighted by molar-refractivity contribution is 6.99. The maximum absolute atomic E-state index is 9.71. The molecule has 2 aromatic rings. The molecule has 0 spiro atoms. The minimum atomic E-state index is -2.61. The quantitative estimate of drug-likeness (QED) is 0.515. The van der Waals surface area contributed by atoms with Crippen molar-refractivity contribution >= 4 is 18.7 Å². The van der Waals surface area contributed by atoms with Crippen molar-refractivity contribution in [1.82, 2.24) is 0 Å². The average molecular weight is 437 g/mol. The van der Waals surface area contributed by atoms with E-state index in [1.54, 1.807) is 0 Å². The Balaban J connectivity index is 1.73. The van der Waals surface area contributed by atoms with Gasteiger partial charge in [-0.25, -0.2) is 0 Å². The topological polar surface area (TPSA) is 38.7 Å². The van der Waals surface area contributed by atoms with Crippen LogP contribution in [-0.4, -0.2) is 38.3 Å². The van der Waals surface area contributed by atoms with Gasteiger partial charge in [-0.1, -0.05) is 94.4 Å². The molecule has 2 aromatic carbocycles. The molecular formula is C27H36O3Si. The molecule has 1 aliphatic heterocycles. The Morgan fingerprint density at radius 3 is 2.10 bits per heavy atom. The summed E-state index contributed by atoms with van der Waals surface area (Å²) in [6.45, 7) is 9.28. The largest absolute Gasteiger partial charge is 0.402 e. The summed E-state index contributed by atoms with van der Waals surface area (Å²) in [6, 6.07) is 21.7. The van der Waals surface area contributed by atoms with Gasteiger partial charge < -0.3 is 14.3 Å². The lowest BCUT2D eigenvalue weighted by molar-refractivity contribution is -0.0207. The van der Waals surface area contributed by atoms with E-state index in [-0.39, 0.29) is 30.0 Å². The summed E-state index contributed by atoms with van der Waals surface area (Å²) in [4.78, 5) is 0. The van der Waals surface area contributed by atoms with Gasteiger partial charge in [0.05, 0.1) is 24.9 Å². The van der Waals surface area contributed by atoms with Gasteiger partial charge in [-0.15, -0.1) is 0 Å². The number of hydrogen-bond donors (Lipinski definition) is 1. The summed E-state index contributed by atoms with van der Waals surface area (Å²) < 4.78 is 13.9. The van der Waals surface area contributed by atoms with Gasteiger partial charge in [0.2, 0.25) is 0 Å². The lowest BCUT2D eigenvalue weighted by Gasteiger charge is -2.46. The number of rotatable bonds is 7. The maximum Gasteiger partial charge on any atom is 0.261 e. The van der Waals surface area contributed by atoms with Gasteiger partial charge in [0.25, 0.3) is 8.32 Å². The molecule has 0 unspecified atom stereocenters. The second-order valence-corrected chi connectivity index (χ2v) is 14.2. The zero-order valence-electron chi connectivity index (χ0n) is 19.3. The fourth-order valence-corrected chi connectivity index (χ4v) is 10.3.